The third kappa shape index (κ3) is 5.09. The largest absolute Gasteiger partial charge is 0.497 e. The number of ether oxygens (including phenoxy) is 2. The molecule has 0 spiro atoms. The highest BCUT2D eigenvalue weighted by Crippen LogP contribution is 2.32. The predicted molar refractivity (Wildman–Crippen MR) is 122 cm³/mol. The number of benzene rings is 3. The summed E-state index contributed by atoms with van der Waals surface area (Å²) in [6.45, 7) is 0.0669. The molecular formula is C24H20N2O5S. The van der Waals surface area contributed by atoms with Crippen molar-refractivity contribution in [2.75, 3.05) is 23.5 Å². The SMILES string of the molecule is COc1ccc(NC(=O)c2ccc(COC(=O)c3ccc4c(c3)NC(=O)CS4)cc2)cc1. The van der Waals surface area contributed by atoms with Gasteiger partial charge in [0.15, 0.2) is 0 Å². The van der Waals surface area contributed by atoms with E-state index in [2.05, 4.69) is 10.6 Å². The van der Waals surface area contributed by atoms with Crippen molar-refractivity contribution in [1.82, 2.24) is 0 Å². The maximum absolute atomic E-state index is 12.4. The number of nitrogens with one attached hydrogen (secondary N) is 2. The van der Waals surface area contributed by atoms with E-state index in [4.69, 9.17) is 9.47 Å². The van der Waals surface area contributed by atoms with Gasteiger partial charge in [-0.15, -0.1) is 11.8 Å². The quantitative estimate of drug-likeness (QED) is 0.545. The summed E-state index contributed by atoms with van der Waals surface area (Å²) in [5.41, 5.74) is 2.88. The molecule has 3 aromatic carbocycles. The molecule has 1 aliphatic rings. The molecule has 2 N–H and O–H groups in total. The Morgan fingerprint density at radius 1 is 1.00 bits per heavy atom. The zero-order valence-electron chi connectivity index (χ0n) is 17.2. The minimum atomic E-state index is -0.487. The predicted octanol–water partition coefficient (Wildman–Crippen LogP) is 4.35. The molecule has 32 heavy (non-hydrogen) atoms. The zero-order valence-corrected chi connectivity index (χ0v) is 18.0. The normalized spacial score (nSPS) is 12.3. The Hall–Kier alpha value is -3.78. The smallest absolute Gasteiger partial charge is 0.338 e. The number of hydrogen-bond acceptors (Lipinski definition) is 6. The standard InChI is InChI=1S/C24H20N2O5S/c1-30-19-9-7-18(8-10-19)25-23(28)16-4-2-15(3-5-16)13-31-24(29)17-6-11-21-20(12-17)26-22(27)14-32-21/h2-12H,13-14H2,1H3,(H,25,28)(H,26,27). The van der Waals surface area contributed by atoms with Gasteiger partial charge < -0.3 is 20.1 Å². The summed E-state index contributed by atoms with van der Waals surface area (Å²) < 4.78 is 10.5. The number of esters is 1. The third-order valence-corrected chi connectivity index (χ3v) is 5.86. The minimum absolute atomic E-state index is 0.0669. The molecule has 0 radical (unpaired) electrons. The molecule has 0 aliphatic carbocycles. The van der Waals surface area contributed by atoms with Gasteiger partial charge in [-0.1, -0.05) is 12.1 Å². The van der Waals surface area contributed by atoms with Crippen LogP contribution in [0.5, 0.6) is 5.75 Å². The lowest BCUT2D eigenvalue weighted by Crippen LogP contribution is -2.19. The highest BCUT2D eigenvalue weighted by atomic mass is 32.2. The number of carbonyl (C=O) groups excluding carboxylic acids is 3. The Kier molecular flexibility index (Phi) is 6.42. The van der Waals surface area contributed by atoms with Crippen LogP contribution in [0, 0.1) is 0 Å². The second-order valence-corrected chi connectivity index (χ2v) is 8.02. The third-order valence-electron chi connectivity index (χ3n) is 4.78. The van der Waals surface area contributed by atoms with E-state index in [0.717, 1.165) is 10.5 Å². The van der Waals surface area contributed by atoms with Crippen molar-refractivity contribution < 1.29 is 23.9 Å². The maximum atomic E-state index is 12.4. The van der Waals surface area contributed by atoms with Crippen LogP contribution < -0.4 is 15.4 Å². The van der Waals surface area contributed by atoms with Crippen LogP contribution in [0.2, 0.25) is 0 Å². The summed E-state index contributed by atoms with van der Waals surface area (Å²) in [7, 11) is 1.58. The number of carbonyl (C=O) groups is 3. The molecule has 0 saturated heterocycles. The van der Waals surface area contributed by atoms with E-state index in [1.165, 1.54) is 11.8 Å². The molecule has 0 atom stereocenters. The van der Waals surface area contributed by atoms with Gasteiger partial charge >= 0.3 is 5.97 Å². The lowest BCUT2D eigenvalue weighted by atomic mass is 10.1. The van der Waals surface area contributed by atoms with E-state index >= 15 is 0 Å². The first-order valence-electron chi connectivity index (χ1n) is 9.80. The second kappa shape index (κ2) is 9.57. The average molecular weight is 449 g/mol. The molecule has 4 rings (SSSR count). The summed E-state index contributed by atoms with van der Waals surface area (Å²) >= 11 is 1.43. The number of rotatable bonds is 6. The van der Waals surface area contributed by atoms with Crippen LogP contribution in [0.3, 0.4) is 0 Å². The molecule has 0 saturated carbocycles. The van der Waals surface area contributed by atoms with Crippen molar-refractivity contribution in [3.63, 3.8) is 0 Å². The lowest BCUT2D eigenvalue weighted by Gasteiger charge is -2.16. The van der Waals surface area contributed by atoms with Crippen LogP contribution in [-0.4, -0.2) is 30.6 Å². The van der Waals surface area contributed by atoms with Crippen LogP contribution in [-0.2, 0) is 16.1 Å². The van der Waals surface area contributed by atoms with Gasteiger partial charge in [-0.2, -0.15) is 0 Å². The first-order chi connectivity index (χ1) is 15.5. The molecule has 2 amide bonds. The lowest BCUT2D eigenvalue weighted by molar-refractivity contribution is -0.113. The molecule has 0 unspecified atom stereocenters. The van der Waals surface area contributed by atoms with Crippen LogP contribution in [0.1, 0.15) is 26.3 Å². The van der Waals surface area contributed by atoms with E-state index < -0.39 is 5.97 Å². The molecule has 0 fully saturated rings. The molecule has 0 bridgehead atoms. The van der Waals surface area contributed by atoms with Gasteiger partial charge in [0.05, 0.1) is 24.1 Å². The van der Waals surface area contributed by atoms with Crippen LogP contribution in [0.25, 0.3) is 0 Å². The van der Waals surface area contributed by atoms with Crippen molar-refractivity contribution in [1.29, 1.82) is 0 Å². The number of anilines is 2. The Balaban J connectivity index is 1.33. The first kappa shape index (κ1) is 21.5. The minimum Gasteiger partial charge on any atom is -0.497 e. The second-order valence-electron chi connectivity index (χ2n) is 7.00. The summed E-state index contributed by atoms with van der Waals surface area (Å²) in [6, 6.07) is 19.0. The molecule has 8 heteroatoms. The van der Waals surface area contributed by atoms with E-state index in [1.807, 2.05) is 0 Å². The molecule has 162 valence electrons. The van der Waals surface area contributed by atoms with E-state index in [0.29, 0.717) is 34.0 Å². The highest BCUT2D eigenvalue weighted by Gasteiger charge is 2.18. The average Bonchev–Trinajstić information content (AvgIpc) is 2.82. The van der Waals surface area contributed by atoms with Crippen LogP contribution in [0.15, 0.2) is 71.6 Å². The molecular weight excluding hydrogens is 428 g/mol. The van der Waals surface area contributed by atoms with Crippen molar-refractivity contribution >= 4 is 40.9 Å². The van der Waals surface area contributed by atoms with Gasteiger partial charge in [-0.25, -0.2) is 4.79 Å². The fourth-order valence-corrected chi connectivity index (χ4v) is 3.86. The number of fused-ring (bicyclic) bond motifs is 1. The summed E-state index contributed by atoms with van der Waals surface area (Å²) in [5, 5.41) is 5.57. The molecule has 0 aromatic heterocycles. The molecule has 3 aromatic rings. The van der Waals surface area contributed by atoms with Crippen molar-refractivity contribution in [3.05, 3.63) is 83.4 Å². The van der Waals surface area contributed by atoms with Gasteiger partial charge in [0, 0.05) is 16.1 Å². The number of thioether (sulfide) groups is 1. The van der Waals surface area contributed by atoms with E-state index in [-0.39, 0.29) is 18.4 Å². The van der Waals surface area contributed by atoms with Gasteiger partial charge in [0.25, 0.3) is 5.91 Å². The Bertz CT molecular complexity index is 1160. The fraction of sp³-hybridized carbons (Fsp3) is 0.125. The molecule has 7 nitrogen and oxygen atoms in total. The van der Waals surface area contributed by atoms with Gasteiger partial charge in [-0.05, 0) is 60.2 Å². The Morgan fingerprint density at radius 3 is 2.44 bits per heavy atom. The maximum Gasteiger partial charge on any atom is 0.338 e. The monoisotopic (exact) mass is 448 g/mol. The van der Waals surface area contributed by atoms with E-state index in [1.54, 1.807) is 73.8 Å². The van der Waals surface area contributed by atoms with Crippen molar-refractivity contribution in [2.24, 2.45) is 0 Å². The first-order valence-corrected chi connectivity index (χ1v) is 10.8. The topological polar surface area (TPSA) is 93.7 Å². The number of methoxy groups -OCH3 is 1. The summed E-state index contributed by atoms with van der Waals surface area (Å²) in [6.07, 6.45) is 0. The van der Waals surface area contributed by atoms with Crippen LogP contribution in [0.4, 0.5) is 11.4 Å². The zero-order chi connectivity index (χ0) is 22.5. The highest BCUT2D eigenvalue weighted by molar-refractivity contribution is 8.00. The summed E-state index contributed by atoms with van der Waals surface area (Å²) in [4.78, 5) is 37.3. The fourth-order valence-electron chi connectivity index (χ4n) is 3.07. The van der Waals surface area contributed by atoms with Gasteiger partial charge in [-0.3, -0.25) is 9.59 Å². The van der Waals surface area contributed by atoms with E-state index in [9.17, 15) is 14.4 Å². The molecule has 1 aliphatic heterocycles. The van der Waals surface area contributed by atoms with Gasteiger partial charge in [0.2, 0.25) is 5.91 Å². The van der Waals surface area contributed by atoms with Gasteiger partial charge in [0.1, 0.15) is 12.4 Å². The molecule has 1 heterocycles. The van der Waals surface area contributed by atoms with Crippen LogP contribution >= 0.6 is 11.8 Å². The Morgan fingerprint density at radius 2 is 1.72 bits per heavy atom. The number of amides is 2. The van der Waals surface area contributed by atoms with Crippen molar-refractivity contribution in [2.45, 2.75) is 11.5 Å². The Labute approximate surface area is 189 Å². The van der Waals surface area contributed by atoms with Crippen molar-refractivity contribution in [3.8, 4) is 5.75 Å². The number of hydrogen-bond donors (Lipinski definition) is 2. The summed E-state index contributed by atoms with van der Waals surface area (Å²) in [5.74, 6) is 0.252.